The number of carbonyl (C=O) groups is 1. The zero-order chi connectivity index (χ0) is 24.5. The van der Waals surface area contributed by atoms with E-state index in [9.17, 15) is 9.18 Å². The van der Waals surface area contributed by atoms with Gasteiger partial charge in [0.05, 0.1) is 27.5 Å². The van der Waals surface area contributed by atoms with E-state index in [-0.39, 0.29) is 36.7 Å². The minimum absolute atomic E-state index is 0. The normalized spacial score (nSPS) is 13.4. The topological polar surface area (TPSA) is 129 Å². The number of anilines is 5. The highest BCUT2D eigenvalue weighted by atomic mass is 19.1. The smallest absolute Gasteiger partial charge is 0.269 e. The number of methoxy groups -OCH3 is 3. The summed E-state index contributed by atoms with van der Waals surface area (Å²) in [6.07, 6.45) is 1.02. The third kappa shape index (κ3) is 5.10. The van der Waals surface area contributed by atoms with E-state index in [4.69, 9.17) is 18.9 Å². The van der Waals surface area contributed by atoms with Crippen LogP contribution in [0.25, 0.3) is 0 Å². The minimum atomic E-state index is -1.02. The van der Waals surface area contributed by atoms with Gasteiger partial charge in [-0.25, -0.2) is 14.4 Å². The number of fused-ring (bicyclic) bond motifs is 1. The van der Waals surface area contributed by atoms with Gasteiger partial charge in [-0.3, -0.25) is 4.79 Å². The summed E-state index contributed by atoms with van der Waals surface area (Å²) in [7, 11) is 4.50. The quantitative estimate of drug-likeness (QED) is 0.445. The molecule has 0 unspecified atom stereocenters. The maximum Gasteiger partial charge on any atom is 0.269 e. The second kappa shape index (κ2) is 9.87. The van der Waals surface area contributed by atoms with E-state index in [1.165, 1.54) is 21.3 Å². The Bertz CT molecular complexity index is 1230. The fraction of sp³-hybridized carbons (Fsp3) is 0.304. The van der Waals surface area contributed by atoms with Crippen LogP contribution in [-0.2, 0) is 4.79 Å². The number of pyridine rings is 1. The molecule has 3 aromatic rings. The largest absolute Gasteiger partial charge is 0.493 e. The van der Waals surface area contributed by atoms with Crippen LogP contribution in [0.4, 0.5) is 33.5 Å². The first-order valence-electron chi connectivity index (χ1n) is 10.1. The molecule has 0 saturated heterocycles. The van der Waals surface area contributed by atoms with E-state index in [0.717, 1.165) is 6.20 Å². The first-order valence-corrected chi connectivity index (χ1v) is 10.1. The molecule has 2 aromatic heterocycles. The SMILES string of the molecule is C.COc1cc(Nc2ncc(F)c(Nc3ccc4c(n3)NC(=O)C(C)(C)O4)n2)cc(OC)c1OC. The molecular weight excluding hydrogens is 459 g/mol. The predicted octanol–water partition coefficient (Wildman–Crippen LogP) is 4.27. The molecule has 0 radical (unpaired) electrons. The number of nitrogens with zero attached hydrogens (tertiary/aromatic N) is 3. The highest BCUT2D eigenvalue weighted by molar-refractivity contribution is 5.99. The van der Waals surface area contributed by atoms with Crippen LogP contribution in [0.15, 0.2) is 30.5 Å². The third-order valence-corrected chi connectivity index (χ3v) is 4.91. The maximum atomic E-state index is 14.4. The van der Waals surface area contributed by atoms with Crippen molar-refractivity contribution < 1.29 is 28.1 Å². The van der Waals surface area contributed by atoms with Gasteiger partial charge in [-0.05, 0) is 26.0 Å². The first kappa shape index (κ1) is 25.3. The van der Waals surface area contributed by atoms with Crippen molar-refractivity contribution in [2.45, 2.75) is 26.9 Å². The van der Waals surface area contributed by atoms with Crippen LogP contribution in [-0.4, -0.2) is 47.8 Å². The van der Waals surface area contributed by atoms with Crippen molar-refractivity contribution >= 4 is 35.0 Å². The van der Waals surface area contributed by atoms with Gasteiger partial charge >= 0.3 is 0 Å². The number of benzene rings is 1. The average molecular weight is 487 g/mol. The van der Waals surface area contributed by atoms with Crippen LogP contribution < -0.4 is 34.9 Å². The van der Waals surface area contributed by atoms with Gasteiger partial charge in [0, 0.05) is 17.8 Å². The Morgan fingerprint density at radius 1 is 1.03 bits per heavy atom. The van der Waals surface area contributed by atoms with E-state index in [1.807, 2.05) is 0 Å². The summed E-state index contributed by atoms with van der Waals surface area (Å²) in [6.45, 7) is 3.30. The number of rotatable bonds is 7. The molecule has 11 nitrogen and oxygen atoms in total. The van der Waals surface area contributed by atoms with Crippen molar-refractivity contribution in [1.82, 2.24) is 15.0 Å². The molecule has 0 bridgehead atoms. The van der Waals surface area contributed by atoms with Gasteiger partial charge in [0.15, 0.2) is 40.3 Å². The second-order valence-corrected chi connectivity index (χ2v) is 7.66. The van der Waals surface area contributed by atoms with Crippen molar-refractivity contribution in [2.75, 3.05) is 37.3 Å². The van der Waals surface area contributed by atoms with Crippen LogP contribution in [0, 0.1) is 5.82 Å². The Morgan fingerprint density at radius 3 is 2.34 bits per heavy atom. The van der Waals surface area contributed by atoms with Crippen molar-refractivity contribution in [3.63, 3.8) is 0 Å². The van der Waals surface area contributed by atoms with Crippen LogP contribution in [0.3, 0.4) is 0 Å². The van der Waals surface area contributed by atoms with Crippen LogP contribution in [0.2, 0.25) is 0 Å². The molecule has 0 aliphatic carbocycles. The molecule has 3 heterocycles. The Morgan fingerprint density at radius 2 is 1.71 bits per heavy atom. The number of ether oxygens (including phenoxy) is 4. The highest BCUT2D eigenvalue weighted by Crippen LogP contribution is 2.40. The van der Waals surface area contributed by atoms with E-state index in [0.29, 0.717) is 28.7 Å². The van der Waals surface area contributed by atoms with Crippen molar-refractivity contribution in [2.24, 2.45) is 0 Å². The zero-order valence-electron chi connectivity index (χ0n) is 19.1. The van der Waals surface area contributed by atoms with E-state index >= 15 is 0 Å². The molecule has 1 aliphatic heterocycles. The van der Waals surface area contributed by atoms with Crippen LogP contribution in [0.1, 0.15) is 21.3 Å². The van der Waals surface area contributed by atoms with Crippen molar-refractivity contribution in [1.29, 1.82) is 0 Å². The number of hydrogen-bond donors (Lipinski definition) is 3. The van der Waals surface area contributed by atoms with Gasteiger partial charge in [-0.15, -0.1) is 0 Å². The zero-order valence-corrected chi connectivity index (χ0v) is 19.1. The molecule has 0 saturated carbocycles. The molecule has 12 heteroatoms. The molecule has 0 atom stereocenters. The van der Waals surface area contributed by atoms with E-state index < -0.39 is 11.4 Å². The standard InChI is InChI=1S/C22H23FN6O5.CH4/c1-22(2)20(30)28-19-13(34-22)6-7-16(27-19)26-18-12(23)10-24-21(29-18)25-11-8-14(31-3)17(33-5)15(9-11)32-4;/h6-10H,1-5H3,(H3,24,25,26,27,28,29,30);1H4. The van der Waals surface area contributed by atoms with Gasteiger partial charge in [0.2, 0.25) is 11.7 Å². The van der Waals surface area contributed by atoms with Crippen molar-refractivity contribution in [3.05, 3.63) is 36.3 Å². The van der Waals surface area contributed by atoms with E-state index in [2.05, 4.69) is 30.9 Å². The predicted molar refractivity (Wildman–Crippen MR) is 129 cm³/mol. The Balaban J connectivity index is 0.00000342. The minimum Gasteiger partial charge on any atom is -0.493 e. The number of amides is 1. The number of hydrogen-bond acceptors (Lipinski definition) is 10. The molecule has 0 spiro atoms. The highest BCUT2D eigenvalue weighted by Gasteiger charge is 2.36. The Hall–Kier alpha value is -4.35. The number of carbonyl (C=O) groups excluding carboxylic acids is 1. The van der Waals surface area contributed by atoms with E-state index in [1.54, 1.807) is 38.1 Å². The summed E-state index contributed by atoms with van der Waals surface area (Å²) < 4.78 is 36.1. The second-order valence-electron chi connectivity index (χ2n) is 7.66. The van der Waals surface area contributed by atoms with Gasteiger partial charge in [0.1, 0.15) is 5.82 Å². The third-order valence-electron chi connectivity index (χ3n) is 4.91. The molecule has 35 heavy (non-hydrogen) atoms. The molecule has 4 rings (SSSR count). The molecule has 1 aliphatic rings. The average Bonchev–Trinajstić information content (AvgIpc) is 2.81. The van der Waals surface area contributed by atoms with Gasteiger partial charge in [-0.2, -0.15) is 4.98 Å². The van der Waals surface area contributed by atoms with Crippen LogP contribution >= 0.6 is 0 Å². The summed E-state index contributed by atoms with van der Waals surface area (Å²) >= 11 is 0. The molecule has 1 amide bonds. The van der Waals surface area contributed by atoms with Crippen molar-refractivity contribution in [3.8, 4) is 23.0 Å². The number of nitrogens with one attached hydrogen (secondary N) is 3. The summed E-state index contributed by atoms with van der Waals surface area (Å²) in [5, 5.41) is 8.45. The lowest BCUT2D eigenvalue weighted by molar-refractivity contribution is -0.129. The molecule has 3 N–H and O–H groups in total. The molecule has 0 fully saturated rings. The summed E-state index contributed by atoms with van der Waals surface area (Å²) in [5.74, 6) is 1.10. The summed E-state index contributed by atoms with van der Waals surface area (Å²) in [4.78, 5) is 24.6. The first-order chi connectivity index (χ1) is 16.2. The Kier molecular flexibility index (Phi) is 7.13. The molecule has 186 valence electrons. The number of halogens is 1. The fourth-order valence-corrected chi connectivity index (χ4v) is 3.19. The number of aromatic nitrogens is 3. The van der Waals surface area contributed by atoms with Gasteiger partial charge in [-0.1, -0.05) is 7.43 Å². The molecule has 1 aromatic carbocycles. The summed E-state index contributed by atoms with van der Waals surface area (Å²) in [5.41, 5.74) is -0.489. The lowest BCUT2D eigenvalue weighted by atomic mass is 10.1. The monoisotopic (exact) mass is 486 g/mol. The lowest BCUT2D eigenvalue weighted by Gasteiger charge is -2.30. The summed E-state index contributed by atoms with van der Waals surface area (Å²) in [6, 6.07) is 6.53. The van der Waals surface area contributed by atoms with Crippen LogP contribution in [0.5, 0.6) is 23.0 Å². The molecular formula is C23H27FN6O5. The van der Waals surface area contributed by atoms with Gasteiger partial charge in [0.25, 0.3) is 5.91 Å². The maximum absolute atomic E-state index is 14.4. The Labute approximate surface area is 202 Å². The fourth-order valence-electron chi connectivity index (χ4n) is 3.19. The van der Waals surface area contributed by atoms with Gasteiger partial charge < -0.3 is 34.9 Å². The lowest BCUT2D eigenvalue weighted by Crippen LogP contribution is -2.46.